The maximum absolute atomic E-state index is 12.0. The zero-order chi connectivity index (χ0) is 13.5. The molecule has 0 heterocycles. The lowest BCUT2D eigenvalue weighted by Gasteiger charge is -2.14. The van der Waals surface area contributed by atoms with Crippen LogP contribution in [0, 0.1) is 9.49 Å². The van der Waals surface area contributed by atoms with Crippen LogP contribution < -0.4 is 5.32 Å². The van der Waals surface area contributed by atoms with E-state index in [-0.39, 0.29) is 12.5 Å². The molecule has 0 saturated heterocycles. The van der Waals surface area contributed by atoms with E-state index in [0.717, 1.165) is 9.99 Å². The van der Waals surface area contributed by atoms with Crippen LogP contribution in [0.5, 0.6) is 0 Å². The molecule has 0 saturated carbocycles. The first-order valence-electron chi connectivity index (χ1n) is 5.92. The standard InChI is InChI=1S/C13H17ClINO2/c1-2-9(5-6-17)8-16-13(18)11-7-10(14)3-4-12(11)15/h3-4,7,9,17H,2,5-6,8H2,1H3,(H,16,18). The Bertz CT molecular complexity index is 412. The Morgan fingerprint density at radius 2 is 2.28 bits per heavy atom. The van der Waals surface area contributed by atoms with Crippen molar-refractivity contribution >= 4 is 40.1 Å². The Labute approximate surface area is 126 Å². The number of hydrogen-bond donors (Lipinski definition) is 2. The van der Waals surface area contributed by atoms with Gasteiger partial charge in [0.15, 0.2) is 0 Å². The number of rotatable bonds is 6. The Hall–Kier alpha value is -0.330. The second-order valence-corrected chi connectivity index (χ2v) is 5.72. The molecule has 100 valence electrons. The number of nitrogens with one attached hydrogen (secondary N) is 1. The molecule has 1 unspecified atom stereocenters. The van der Waals surface area contributed by atoms with Gasteiger partial charge in [0.25, 0.3) is 5.91 Å². The molecular weight excluding hydrogens is 365 g/mol. The molecule has 18 heavy (non-hydrogen) atoms. The summed E-state index contributed by atoms with van der Waals surface area (Å²) in [6.07, 6.45) is 1.65. The van der Waals surface area contributed by atoms with Crippen LogP contribution >= 0.6 is 34.2 Å². The van der Waals surface area contributed by atoms with E-state index in [1.165, 1.54) is 0 Å². The molecule has 1 atom stereocenters. The fourth-order valence-electron chi connectivity index (χ4n) is 1.64. The first-order valence-corrected chi connectivity index (χ1v) is 7.38. The minimum absolute atomic E-state index is 0.113. The van der Waals surface area contributed by atoms with Gasteiger partial charge < -0.3 is 10.4 Å². The van der Waals surface area contributed by atoms with E-state index in [1.807, 2.05) is 6.07 Å². The molecule has 0 aliphatic rings. The third kappa shape index (κ3) is 4.74. The van der Waals surface area contributed by atoms with Crippen LogP contribution in [0.15, 0.2) is 18.2 Å². The van der Waals surface area contributed by atoms with Gasteiger partial charge in [0.2, 0.25) is 0 Å². The monoisotopic (exact) mass is 381 g/mol. The minimum atomic E-state index is -0.113. The minimum Gasteiger partial charge on any atom is -0.396 e. The van der Waals surface area contributed by atoms with Crippen molar-refractivity contribution in [1.29, 1.82) is 0 Å². The van der Waals surface area contributed by atoms with Gasteiger partial charge in [-0.3, -0.25) is 4.79 Å². The van der Waals surface area contributed by atoms with Crippen LogP contribution in [0.1, 0.15) is 30.1 Å². The molecule has 1 aromatic carbocycles. The summed E-state index contributed by atoms with van der Waals surface area (Å²) in [5.74, 6) is 0.203. The number of benzene rings is 1. The van der Waals surface area contributed by atoms with Crippen LogP contribution in [0.25, 0.3) is 0 Å². The van der Waals surface area contributed by atoms with Gasteiger partial charge in [-0.2, -0.15) is 0 Å². The van der Waals surface area contributed by atoms with Crippen molar-refractivity contribution in [2.24, 2.45) is 5.92 Å². The Morgan fingerprint density at radius 1 is 1.56 bits per heavy atom. The molecule has 0 spiro atoms. The molecular formula is C13H17ClINO2. The smallest absolute Gasteiger partial charge is 0.252 e. The quantitative estimate of drug-likeness (QED) is 0.744. The highest BCUT2D eigenvalue weighted by Gasteiger charge is 2.12. The van der Waals surface area contributed by atoms with Crippen LogP contribution in [0.3, 0.4) is 0 Å². The van der Waals surface area contributed by atoms with Gasteiger partial charge in [-0.15, -0.1) is 0 Å². The van der Waals surface area contributed by atoms with Crippen molar-refractivity contribution in [2.75, 3.05) is 13.2 Å². The number of carbonyl (C=O) groups is 1. The van der Waals surface area contributed by atoms with Crippen LogP contribution in [0.4, 0.5) is 0 Å². The second kappa shape index (κ2) is 7.96. The summed E-state index contributed by atoms with van der Waals surface area (Å²) < 4.78 is 0.879. The summed E-state index contributed by atoms with van der Waals surface area (Å²) in [5, 5.41) is 12.3. The first kappa shape index (κ1) is 15.7. The first-order chi connectivity index (χ1) is 8.58. The fraction of sp³-hybridized carbons (Fsp3) is 0.462. The molecule has 0 aliphatic carbocycles. The lowest BCUT2D eigenvalue weighted by molar-refractivity contribution is 0.0942. The molecule has 1 aromatic rings. The van der Waals surface area contributed by atoms with Crippen LogP contribution in [-0.4, -0.2) is 24.2 Å². The number of halogens is 2. The van der Waals surface area contributed by atoms with Gasteiger partial charge in [0, 0.05) is 21.7 Å². The predicted octanol–water partition coefficient (Wildman–Crippen LogP) is 3.08. The van der Waals surface area contributed by atoms with E-state index in [0.29, 0.717) is 29.5 Å². The van der Waals surface area contributed by atoms with Gasteiger partial charge in [-0.05, 0) is 53.1 Å². The second-order valence-electron chi connectivity index (χ2n) is 4.12. The van der Waals surface area contributed by atoms with E-state index in [1.54, 1.807) is 12.1 Å². The van der Waals surface area contributed by atoms with Gasteiger partial charge in [-0.1, -0.05) is 24.9 Å². The topological polar surface area (TPSA) is 49.3 Å². The van der Waals surface area contributed by atoms with Crippen molar-refractivity contribution in [3.8, 4) is 0 Å². The molecule has 0 radical (unpaired) electrons. The number of amides is 1. The van der Waals surface area contributed by atoms with Crippen molar-refractivity contribution in [3.63, 3.8) is 0 Å². The fourth-order valence-corrected chi connectivity index (χ4v) is 2.39. The molecule has 0 fully saturated rings. The molecule has 5 heteroatoms. The molecule has 1 amide bonds. The SMILES string of the molecule is CCC(CCO)CNC(=O)c1cc(Cl)ccc1I. The number of hydrogen-bond acceptors (Lipinski definition) is 2. The third-order valence-corrected chi connectivity index (χ3v) is 4.01. The van der Waals surface area contributed by atoms with Crippen molar-refractivity contribution in [1.82, 2.24) is 5.32 Å². The molecule has 3 nitrogen and oxygen atoms in total. The average molecular weight is 382 g/mol. The normalized spacial score (nSPS) is 12.2. The van der Waals surface area contributed by atoms with Crippen LogP contribution in [-0.2, 0) is 0 Å². The zero-order valence-corrected chi connectivity index (χ0v) is 13.2. The van der Waals surface area contributed by atoms with Gasteiger partial charge in [-0.25, -0.2) is 0 Å². The van der Waals surface area contributed by atoms with Crippen LogP contribution in [0.2, 0.25) is 5.02 Å². The van der Waals surface area contributed by atoms with Crippen molar-refractivity contribution in [2.45, 2.75) is 19.8 Å². The molecule has 0 aromatic heterocycles. The Balaban J connectivity index is 2.62. The summed E-state index contributed by atoms with van der Waals surface area (Å²) in [7, 11) is 0. The maximum atomic E-state index is 12.0. The Kier molecular flexibility index (Phi) is 6.96. The highest BCUT2D eigenvalue weighted by atomic mass is 127. The largest absolute Gasteiger partial charge is 0.396 e. The molecule has 0 aliphatic heterocycles. The van der Waals surface area contributed by atoms with E-state index in [4.69, 9.17) is 16.7 Å². The van der Waals surface area contributed by atoms with Crippen molar-refractivity contribution < 1.29 is 9.90 Å². The summed E-state index contributed by atoms with van der Waals surface area (Å²) in [5.41, 5.74) is 0.599. The van der Waals surface area contributed by atoms with E-state index < -0.39 is 0 Å². The van der Waals surface area contributed by atoms with Crippen molar-refractivity contribution in [3.05, 3.63) is 32.4 Å². The van der Waals surface area contributed by atoms with E-state index in [9.17, 15) is 4.79 Å². The predicted molar refractivity (Wildman–Crippen MR) is 82.0 cm³/mol. The van der Waals surface area contributed by atoms with E-state index in [2.05, 4.69) is 34.8 Å². The number of aliphatic hydroxyl groups excluding tert-OH is 1. The average Bonchev–Trinajstić information content (AvgIpc) is 2.37. The molecule has 1 rings (SSSR count). The lowest BCUT2D eigenvalue weighted by Crippen LogP contribution is -2.30. The van der Waals surface area contributed by atoms with E-state index >= 15 is 0 Å². The lowest BCUT2D eigenvalue weighted by atomic mass is 10.0. The highest BCUT2D eigenvalue weighted by Crippen LogP contribution is 2.18. The number of aliphatic hydroxyl groups is 1. The zero-order valence-electron chi connectivity index (χ0n) is 10.2. The summed E-state index contributed by atoms with van der Waals surface area (Å²) in [6, 6.07) is 5.26. The number of carbonyl (C=O) groups excluding carboxylic acids is 1. The maximum Gasteiger partial charge on any atom is 0.252 e. The summed E-state index contributed by atoms with van der Waals surface area (Å²) in [4.78, 5) is 12.0. The van der Waals surface area contributed by atoms with Gasteiger partial charge in [0.1, 0.15) is 0 Å². The molecule has 0 bridgehead atoms. The third-order valence-electron chi connectivity index (χ3n) is 2.84. The summed E-state index contributed by atoms with van der Waals surface area (Å²) >= 11 is 8.00. The molecule has 2 N–H and O–H groups in total. The summed E-state index contributed by atoms with van der Waals surface area (Å²) in [6.45, 7) is 2.79. The highest BCUT2D eigenvalue weighted by molar-refractivity contribution is 14.1. The Morgan fingerprint density at radius 3 is 2.89 bits per heavy atom. The van der Waals surface area contributed by atoms with Gasteiger partial charge in [0.05, 0.1) is 5.56 Å². The van der Waals surface area contributed by atoms with Gasteiger partial charge >= 0.3 is 0 Å².